The molecule has 1 fully saturated rings. The van der Waals surface area contributed by atoms with Crippen LogP contribution < -0.4 is 0 Å². The molecule has 0 unspecified atom stereocenters. The summed E-state index contributed by atoms with van der Waals surface area (Å²) in [6.07, 6.45) is 1.50. The zero-order valence-electron chi connectivity index (χ0n) is 8.17. The fraction of sp³-hybridized carbons (Fsp3) is 0.800. The van der Waals surface area contributed by atoms with E-state index < -0.39 is 11.5 Å². The quantitative estimate of drug-likeness (QED) is 0.714. The van der Waals surface area contributed by atoms with Crippen molar-refractivity contribution in [2.24, 2.45) is 5.41 Å². The molecule has 1 N–H and O–H groups in total. The summed E-state index contributed by atoms with van der Waals surface area (Å²) in [7, 11) is 0. The van der Waals surface area contributed by atoms with E-state index >= 15 is 0 Å². The van der Waals surface area contributed by atoms with Gasteiger partial charge < -0.3 is 5.11 Å². The number of Topliss-reactive ketones (excluding diaryl/α,β-unsaturated/α-hetero) is 2. The summed E-state index contributed by atoms with van der Waals surface area (Å²) in [6, 6.07) is 0. The van der Waals surface area contributed by atoms with Crippen molar-refractivity contribution in [1.82, 2.24) is 0 Å². The minimum atomic E-state index is -0.940. The minimum Gasteiger partial charge on any atom is -0.386 e. The summed E-state index contributed by atoms with van der Waals surface area (Å²) in [6.45, 7) is 3.27. The average molecular weight is 184 g/mol. The first-order valence-corrected chi connectivity index (χ1v) is 4.70. The van der Waals surface area contributed by atoms with E-state index in [2.05, 4.69) is 0 Å². The van der Waals surface area contributed by atoms with Gasteiger partial charge in [-0.3, -0.25) is 9.59 Å². The van der Waals surface area contributed by atoms with E-state index in [9.17, 15) is 9.59 Å². The van der Waals surface area contributed by atoms with Gasteiger partial charge in [0.25, 0.3) is 0 Å². The molecule has 0 spiro atoms. The normalized spacial score (nSPS) is 30.5. The topological polar surface area (TPSA) is 54.4 Å². The van der Waals surface area contributed by atoms with Gasteiger partial charge in [-0.1, -0.05) is 6.92 Å². The lowest BCUT2D eigenvalue weighted by molar-refractivity contribution is -0.134. The highest BCUT2D eigenvalue weighted by molar-refractivity contribution is 5.93. The van der Waals surface area contributed by atoms with Gasteiger partial charge in [-0.15, -0.1) is 0 Å². The largest absolute Gasteiger partial charge is 0.386 e. The molecule has 13 heavy (non-hydrogen) atoms. The Balaban J connectivity index is 2.61. The van der Waals surface area contributed by atoms with Crippen molar-refractivity contribution >= 4 is 11.6 Å². The molecule has 74 valence electrons. The summed E-state index contributed by atoms with van der Waals surface area (Å²) in [5, 5.41) is 9.02. The molecule has 3 heteroatoms. The smallest absolute Gasteiger partial charge is 0.161 e. The molecule has 0 bridgehead atoms. The molecule has 0 aromatic rings. The van der Waals surface area contributed by atoms with Crippen LogP contribution in [0.15, 0.2) is 0 Å². The Kier molecular flexibility index (Phi) is 2.86. The predicted octanol–water partition coefficient (Wildman–Crippen LogP) is 1.09. The number of ketones is 2. The molecule has 0 radical (unpaired) electrons. The van der Waals surface area contributed by atoms with Crippen LogP contribution in [-0.4, -0.2) is 22.8 Å². The van der Waals surface area contributed by atoms with Crippen molar-refractivity contribution in [1.29, 1.82) is 0 Å². The van der Waals surface area contributed by atoms with Crippen LogP contribution in [-0.2, 0) is 9.59 Å². The van der Waals surface area contributed by atoms with E-state index in [1.807, 2.05) is 6.92 Å². The first kappa shape index (κ1) is 10.4. The van der Waals surface area contributed by atoms with Crippen molar-refractivity contribution < 1.29 is 14.7 Å². The van der Waals surface area contributed by atoms with Gasteiger partial charge in [0, 0.05) is 18.3 Å². The number of aliphatic hydroxyl groups is 1. The molecular formula is C10H16O3. The molecule has 0 aromatic heterocycles. The van der Waals surface area contributed by atoms with E-state index in [0.29, 0.717) is 6.42 Å². The third-order valence-electron chi connectivity index (χ3n) is 2.84. The van der Waals surface area contributed by atoms with E-state index in [4.69, 9.17) is 5.11 Å². The Morgan fingerprint density at radius 2 is 2.31 bits per heavy atom. The van der Waals surface area contributed by atoms with Crippen molar-refractivity contribution in [2.75, 3.05) is 0 Å². The summed E-state index contributed by atoms with van der Waals surface area (Å²) < 4.78 is 0. The molecule has 0 heterocycles. The molecule has 0 aliphatic heterocycles. The van der Waals surface area contributed by atoms with E-state index in [1.165, 1.54) is 6.92 Å². The third-order valence-corrected chi connectivity index (χ3v) is 2.84. The monoisotopic (exact) mass is 184 g/mol. The van der Waals surface area contributed by atoms with Crippen LogP contribution in [0.3, 0.4) is 0 Å². The number of rotatable bonds is 3. The average Bonchev–Trinajstić information content (AvgIpc) is 2.32. The fourth-order valence-electron chi connectivity index (χ4n) is 1.80. The number of carbonyl (C=O) groups is 2. The second kappa shape index (κ2) is 3.58. The van der Waals surface area contributed by atoms with Crippen molar-refractivity contribution in [3.63, 3.8) is 0 Å². The Labute approximate surface area is 78.1 Å². The summed E-state index contributed by atoms with van der Waals surface area (Å²) in [5.41, 5.74) is -0.492. The van der Waals surface area contributed by atoms with Crippen LogP contribution in [0.5, 0.6) is 0 Å². The Bertz CT molecular complexity index is 232. The predicted molar refractivity (Wildman–Crippen MR) is 48.3 cm³/mol. The Hall–Kier alpha value is -0.700. The SMILES string of the molecule is C[C@@H](O)C(=O)C[C@@]1(C)CCCC1=O. The number of carbonyl (C=O) groups excluding carboxylic acids is 2. The lowest BCUT2D eigenvalue weighted by Gasteiger charge is -2.21. The van der Waals surface area contributed by atoms with Gasteiger partial charge in [-0.05, 0) is 19.8 Å². The highest BCUT2D eigenvalue weighted by Gasteiger charge is 2.39. The van der Waals surface area contributed by atoms with Crippen LogP contribution in [0.4, 0.5) is 0 Å². The van der Waals surface area contributed by atoms with Crippen molar-refractivity contribution in [3.05, 3.63) is 0 Å². The highest BCUT2D eigenvalue weighted by Crippen LogP contribution is 2.37. The van der Waals surface area contributed by atoms with Gasteiger partial charge >= 0.3 is 0 Å². The summed E-state index contributed by atoms with van der Waals surface area (Å²) in [4.78, 5) is 22.7. The van der Waals surface area contributed by atoms with Crippen LogP contribution in [0.25, 0.3) is 0 Å². The maximum atomic E-state index is 11.4. The lowest BCUT2D eigenvalue weighted by Crippen LogP contribution is -2.29. The van der Waals surface area contributed by atoms with Gasteiger partial charge in [0.05, 0.1) is 0 Å². The zero-order valence-corrected chi connectivity index (χ0v) is 8.17. The van der Waals surface area contributed by atoms with E-state index in [0.717, 1.165) is 12.8 Å². The molecule has 2 atom stereocenters. The number of hydrogen-bond donors (Lipinski definition) is 1. The Morgan fingerprint density at radius 1 is 1.69 bits per heavy atom. The first-order valence-electron chi connectivity index (χ1n) is 4.70. The molecule has 0 aromatic carbocycles. The molecule has 3 nitrogen and oxygen atoms in total. The van der Waals surface area contributed by atoms with Crippen molar-refractivity contribution in [3.8, 4) is 0 Å². The fourth-order valence-corrected chi connectivity index (χ4v) is 1.80. The Morgan fingerprint density at radius 3 is 2.69 bits per heavy atom. The number of hydrogen-bond acceptors (Lipinski definition) is 3. The summed E-state index contributed by atoms with van der Waals surface area (Å²) in [5.74, 6) is -0.0562. The molecule has 1 rings (SSSR count). The highest BCUT2D eigenvalue weighted by atomic mass is 16.3. The zero-order chi connectivity index (χ0) is 10.1. The second-order valence-corrected chi connectivity index (χ2v) is 4.16. The molecular weight excluding hydrogens is 168 g/mol. The first-order chi connectivity index (χ1) is 5.96. The van der Waals surface area contributed by atoms with E-state index in [1.54, 1.807) is 0 Å². The van der Waals surface area contributed by atoms with Crippen LogP contribution in [0, 0.1) is 5.41 Å². The van der Waals surface area contributed by atoms with Crippen LogP contribution >= 0.6 is 0 Å². The van der Waals surface area contributed by atoms with Crippen LogP contribution in [0.1, 0.15) is 39.5 Å². The second-order valence-electron chi connectivity index (χ2n) is 4.16. The maximum Gasteiger partial charge on any atom is 0.161 e. The van der Waals surface area contributed by atoms with Gasteiger partial charge in [-0.2, -0.15) is 0 Å². The van der Waals surface area contributed by atoms with Crippen molar-refractivity contribution in [2.45, 2.75) is 45.6 Å². The van der Waals surface area contributed by atoms with Gasteiger partial charge in [0.2, 0.25) is 0 Å². The maximum absolute atomic E-state index is 11.4. The van der Waals surface area contributed by atoms with E-state index in [-0.39, 0.29) is 18.0 Å². The summed E-state index contributed by atoms with van der Waals surface area (Å²) >= 11 is 0. The number of aliphatic hydroxyl groups excluding tert-OH is 1. The van der Waals surface area contributed by atoms with Gasteiger partial charge in [0.1, 0.15) is 11.9 Å². The lowest BCUT2D eigenvalue weighted by atomic mass is 9.82. The molecule has 1 aliphatic rings. The third kappa shape index (κ3) is 2.15. The standard InChI is InChI=1S/C10H16O3/c1-7(11)8(12)6-10(2)5-3-4-9(10)13/h7,11H,3-6H2,1-2H3/t7-,10-/m1/s1. The molecule has 1 saturated carbocycles. The van der Waals surface area contributed by atoms with Crippen LogP contribution in [0.2, 0.25) is 0 Å². The molecule has 1 aliphatic carbocycles. The molecule has 0 saturated heterocycles. The minimum absolute atomic E-state index is 0.168. The van der Waals surface area contributed by atoms with Gasteiger partial charge in [0.15, 0.2) is 5.78 Å². The van der Waals surface area contributed by atoms with Gasteiger partial charge in [-0.25, -0.2) is 0 Å². The molecule has 0 amide bonds.